The lowest BCUT2D eigenvalue weighted by molar-refractivity contribution is -0.142. The molecule has 1 rings (SSSR count). The summed E-state index contributed by atoms with van der Waals surface area (Å²) in [5.41, 5.74) is -0.869. The Hall–Kier alpha value is -2.61. The molecule has 8 heteroatoms. The highest BCUT2D eigenvalue weighted by atomic mass is 16.5. The van der Waals surface area contributed by atoms with Crippen molar-refractivity contribution in [3.8, 4) is 5.75 Å². The number of ether oxygens (including phenoxy) is 2. The number of aliphatic carboxylic acids is 1. The van der Waals surface area contributed by atoms with Gasteiger partial charge in [-0.3, -0.25) is 4.79 Å². The number of carbonyl (C=O) groups is 2. The maximum absolute atomic E-state index is 11.7. The lowest BCUT2D eigenvalue weighted by Gasteiger charge is -2.13. The number of methoxy groups -OCH3 is 1. The fourth-order valence-electron chi connectivity index (χ4n) is 1.58. The second-order valence-electron chi connectivity index (χ2n) is 3.85. The smallest absolute Gasteiger partial charge is 0.345 e. The lowest BCUT2D eigenvalue weighted by atomic mass is 10.1. The maximum atomic E-state index is 11.7. The number of hydrogen-bond donors (Lipinski definition) is 2. The number of carboxylic acid groups (broad SMARTS) is 1. The Kier molecular flexibility index (Phi) is 5.67. The minimum absolute atomic E-state index is 0.0139. The zero-order valence-corrected chi connectivity index (χ0v) is 11.4. The van der Waals surface area contributed by atoms with Gasteiger partial charge in [-0.05, 0) is 6.08 Å². The number of esters is 1. The number of aliphatic hydroxyl groups excluding tert-OH is 1. The average Bonchev–Trinajstić information content (AvgIpc) is 2.42. The van der Waals surface area contributed by atoms with E-state index in [2.05, 4.69) is 0 Å². The van der Waals surface area contributed by atoms with Crippen LogP contribution in [0.5, 0.6) is 5.75 Å². The first-order valence-electron chi connectivity index (χ1n) is 5.78. The van der Waals surface area contributed by atoms with Gasteiger partial charge in [-0.25, -0.2) is 9.59 Å². The van der Waals surface area contributed by atoms with Gasteiger partial charge in [0.25, 0.3) is 0 Å². The van der Waals surface area contributed by atoms with E-state index in [0.717, 1.165) is 12.2 Å². The summed E-state index contributed by atoms with van der Waals surface area (Å²) in [7, 11) is 1.26. The highest BCUT2D eigenvalue weighted by Gasteiger charge is 2.20. The van der Waals surface area contributed by atoms with Crippen LogP contribution in [0.2, 0.25) is 0 Å². The quantitative estimate of drug-likeness (QED) is 0.568. The van der Waals surface area contributed by atoms with Crippen LogP contribution in [-0.2, 0) is 27.5 Å². The average molecular weight is 298 g/mol. The van der Waals surface area contributed by atoms with Gasteiger partial charge in [0.1, 0.15) is 23.7 Å². The lowest BCUT2D eigenvalue weighted by Crippen LogP contribution is -2.14. The number of hydrogen-bond acceptors (Lipinski definition) is 7. The SMILES string of the molecule is COc1c(COC(C)=O)c(C=CC(=O)O)oc(=O)c1CO. The van der Waals surface area contributed by atoms with Crippen LogP contribution in [-0.4, -0.2) is 29.3 Å². The normalized spacial score (nSPS) is 10.6. The van der Waals surface area contributed by atoms with Crippen LogP contribution in [0.4, 0.5) is 0 Å². The summed E-state index contributed by atoms with van der Waals surface area (Å²) in [6, 6.07) is 0. The van der Waals surface area contributed by atoms with E-state index < -0.39 is 24.2 Å². The molecule has 0 spiro atoms. The molecular weight excluding hydrogens is 284 g/mol. The third-order valence-electron chi connectivity index (χ3n) is 2.45. The molecule has 0 bridgehead atoms. The van der Waals surface area contributed by atoms with E-state index >= 15 is 0 Å². The van der Waals surface area contributed by atoms with Gasteiger partial charge in [0, 0.05) is 13.0 Å². The largest absolute Gasteiger partial charge is 0.496 e. The molecule has 0 atom stereocenters. The second-order valence-corrected chi connectivity index (χ2v) is 3.85. The van der Waals surface area contributed by atoms with Gasteiger partial charge in [0.05, 0.1) is 19.3 Å². The predicted molar refractivity (Wildman–Crippen MR) is 69.6 cm³/mol. The van der Waals surface area contributed by atoms with Crippen molar-refractivity contribution in [1.82, 2.24) is 0 Å². The van der Waals surface area contributed by atoms with Crippen molar-refractivity contribution in [2.45, 2.75) is 20.1 Å². The van der Waals surface area contributed by atoms with E-state index in [-0.39, 0.29) is 29.2 Å². The van der Waals surface area contributed by atoms with E-state index in [1.54, 1.807) is 0 Å². The summed E-state index contributed by atoms with van der Waals surface area (Å²) < 4.78 is 14.8. The van der Waals surface area contributed by atoms with Gasteiger partial charge in [0.15, 0.2) is 0 Å². The minimum Gasteiger partial charge on any atom is -0.496 e. The third kappa shape index (κ3) is 4.18. The Morgan fingerprint density at radius 1 is 1.33 bits per heavy atom. The molecule has 0 unspecified atom stereocenters. The molecule has 0 saturated carbocycles. The van der Waals surface area contributed by atoms with Crippen LogP contribution < -0.4 is 10.4 Å². The Morgan fingerprint density at radius 3 is 2.48 bits per heavy atom. The summed E-state index contributed by atoms with van der Waals surface area (Å²) in [5.74, 6) is -1.97. The molecule has 0 aliphatic heterocycles. The monoisotopic (exact) mass is 298 g/mol. The van der Waals surface area contributed by atoms with Crippen LogP contribution in [0.15, 0.2) is 15.3 Å². The highest BCUT2D eigenvalue weighted by molar-refractivity contribution is 5.85. The summed E-state index contributed by atoms with van der Waals surface area (Å²) in [5, 5.41) is 17.8. The van der Waals surface area contributed by atoms with Gasteiger partial charge < -0.3 is 24.1 Å². The van der Waals surface area contributed by atoms with Gasteiger partial charge in [0.2, 0.25) is 0 Å². The maximum Gasteiger partial charge on any atom is 0.345 e. The number of carboxylic acids is 1. The molecule has 1 aromatic rings. The van der Waals surface area contributed by atoms with Crippen molar-refractivity contribution in [3.05, 3.63) is 33.4 Å². The summed E-state index contributed by atoms with van der Waals surface area (Å²) in [6.07, 6.45) is 1.79. The molecule has 0 aliphatic rings. The van der Waals surface area contributed by atoms with E-state index in [1.165, 1.54) is 14.0 Å². The molecule has 0 aliphatic carbocycles. The second kappa shape index (κ2) is 7.25. The van der Waals surface area contributed by atoms with E-state index in [0.29, 0.717) is 0 Å². The van der Waals surface area contributed by atoms with Crippen molar-refractivity contribution in [1.29, 1.82) is 0 Å². The van der Waals surface area contributed by atoms with E-state index in [9.17, 15) is 19.5 Å². The Morgan fingerprint density at radius 2 is 2.00 bits per heavy atom. The highest BCUT2D eigenvalue weighted by Crippen LogP contribution is 2.26. The van der Waals surface area contributed by atoms with E-state index in [1.807, 2.05) is 0 Å². The van der Waals surface area contributed by atoms with Crippen molar-refractivity contribution < 1.29 is 33.7 Å². The number of carbonyl (C=O) groups excluding carboxylic acids is 1. The Bertz CT molecular complexity index is 626. The van der Waals surface area contributed by atoms with Gasteiger partial charge in [-0.15, -0.1) is 0 Å². The summed E-state index contributed by atoms with van der Waals surface area (Å²) in [6.45, 7) is 0.251. The molecule has 0 saturated heterocycles. The first kappa shape index (κ1) is 16.4. The Balaban J connectivity index is 3.45. The van der Waals surface area contributed by atoms with Crippen molar-refractivity contribution in [2.75, 3.05) is 7.11 Å². The zero-order chi connectivity index (χ0) is 16.0. The first-order chi connectivity index (χ1) is 9.90. The number of aliphatic hydroxyl groups is 1. The van der Waals surface area contributed by atoms with Crippen molar-refractivity contribution in [3.63, 3.8) is 0 Å². The number of rotatable bonds is 6. The van der Waals surface area contributed by atoms with Crippen LogP contribution in [0, 0.1) is 0 Å². The van der Waals surface area contributed by atoms with E-state index in [4.69, 9.17) is 19.0 Å². The predicted octanol–water partition coefficient (Wildman–Crippen LogP) is 0.302. The molecule has 1 aromatic heterocycles. The molecular formula is C13H14O8. The fourth-order valence-corrected chi connectivity index (χ4v) is 1.58. The van der Waals surface area contributed by atoms with Crippen LogP contribution in [0.3, 0.4) is 0 Å². The standard InChI is InChI=1S/C13H14O8/c1-7(15)20-6-9-10(3-4-11(16)17)21-13(18)8(5-14)12(9)19-2/h3-4,14H,5-6H2,1-2H3,(H,16,17). The molecule has 0 aromatic carbocycles. The Labute approximate surface area is 119 Å². The molecule has 114 valence electrons. The fraction of sp³-hybridized carbons (Fsp3) is 0.308. The summed E-state index contributed by atoms with van der Waals surface area (Å²) in [4.78, 5) is 33.1. The van der Waals surface area contributed by atoms with Crippen LogP contribution in [0.1, 0.15) is 23.8 Å². The minimum atomic E-state index is -1.25. The molecule has 2 N–H and O–H groups in total. The topological polar surface area (TPSA) is 123 Å². The van der Waals surface area contributed by atoms with Crippen LogP contribution >= 0.6 is 0 Å². The molecule has 21 heavy (non-hydrogen) atoms. The summed E-state index contributed by atoms with van der Waals surface area (Å²) >= 11 is 0. The molecule has 0 radical (unpaired) electrons. The third-order valence-corrected chi connectivity index (χ3v) is 2.45. The molecule has 1 heterocycles. The first-order valence-corrected chi connectivity index (χ1v) is 5.78. The van der Waals surface area contributed by atoms with Crippen LogP contribution in [0.25, 0.3) is 6.08 Å². The van der Waals surface area contributed by atoms with Gasteiger partial charge in [-0.1, -0.05) is 0 Å². The van der Waals surface area contributed by atoms with Gasteiger partial charge in [-0.2, -0.15) is 0 Å². The zero-order valence-electron chi connectivity index (χ0n) is 11.4. The molecule has 8 nitrogen and oxygen atoms in total. The van der Waals surface area contributed by atoms with Crippen molar-refractivity contribution in [2.24, 2.45) is 0 Å². The molecule has 0 amide bonds. The molecule has 0 fully saturated rings. The van der Waals surface area contributed by atoms with Crippen molar-refractivity contribution >= 4 is 18.0 Å². The van der Waals surface area contributed by atoms with Gasteiger partial charge >= 0.3 is 17.6 Å².